The summed E-state index contributed by atoms with van der Waals surface area (Å²) in [6, 6.07) is 0. The fourth-order valence-electron chi connectivity index (χ4n) is 4.84. The van der Waals surface area contributed by atoms with Crippen LogP contribution in [0.15, 0.2) is 6.20 Å². The maximum Gasteiger partial charge on any atom is 0.350 e. The second kappa shape index (κ2) is 8.22. The lowest BCUT2D eigenvalue weighted by Gasteiger charge is -2.53. The van der Waals surface area contributed by atoms with Crippen LogP contribution in [-0.4, -0.2) is 74.8 Å². The van der Waals surface area contributed by atoms with Crippen LogP contribution < -0.4 is 10.2 Å². The van der Waals surface area contributed by atoms with E-state index in [4.69, 9.17) is 30.9 Å². The summed E-state index contributed by atoms with van der Waals surface area (Å²) in [5, 5.41) is 9.01. The maximum absolute atomic E-state index is 10.9. The monoisotopic (exact) mass is 472 g/mol. The molecule has 0 radical (unpaired) electrons. The van der Waals surface area contributed by atoms with Crippen molar-refractivity contribution in [2.24, 2.45) is 5.41 Å². The average Bonchev–Trinajstić information content (AvgIpc) is 3.32. The average molecular weight is 473 g/mol. The van der Waals surface area contributed by atoms with Crippen LogP contribution in [0, 0.1) is 5.41 Å². The molecule has 0 bridgehead atoms. The molecule has 170 valence electrons. The number of anilines is 1. The van der Waals surface area contributed by atoms with Gasteiger partial charge in [0.05, 0.1) is 24.3 Å². The van der Waals surface area contributed by atoms with Gasteiger partial charge in [-0.15, -0.1) is 0 Å². The lowest BCUT2D eigenvalue weighted by atomic mass is 9.74. The van der Waals surface area contributed by atoms with Crippen molar-refractivity contribution < 1.29 is 23.8 Å². The molecule has 1 spiro atoms. The first-order valence-corrected chi connectivity index (χ1v) is 12.6. The Hall–Kier alpha value is -1.33. The molecule has 13 heteroatoms. The molecule has 3 aliphatic rings. The van der Waals surface area contributed by atoms with Crippen molar-refractivity contribution in [1.29, 1.82) is 0 Å². The third kappa shape index (κ3) is 4.45. The van der Waals surface area contributed by atoms with Gasteiger partial charge in [0.2, 0.25) is 5.28 Å². The molecule has 0 aromatic carbocycles. The van der Waals surface area contributed by atoms with Crippen LogP contribution in [0.3, 0.4) is 0 Å². The fourth-order valence-corrected chi connectivity index (χ4v) is 5.35. The van der Waals surface area contributed by atoms with E-state index in [1.165, 1.54) is 12.8 Å². The summed E-state index contributed by atoms with van der Waals surface area (Å²) in [5.41, 5.74) is 0.937. The Morgan fingerprint density at radius 3 is 2.94 bits per heavy atom. The predicted octanol–water partition coefficient (Wildman–Crippen LogP) is 1.50. The highest BCUT2D eigenvalue weighted by Gasteiger charge is 2.45. The summed E-state index contributed by atoms with van der Waals surface area (Å²) < 4.78 is 23.7. The van der Waals surface area contributed by atoms with E-state index in [-0.39, 0.29) is 24.2 Å². The Labute approximate surface area is 184 Å². The highest BCUT2D eigenvalue weighted by Crippen LogP contribution is 2.41. The first-order valence-electron chi connectivity index (χ1n) is 10.5. The SMILES string of the molecule is O=P(O)(O)COCC1CCC(n2ncc3c(N4CC5(CCCNC5)C4)nc(Cl)nc32)O1. The molecule has 5 heterocycles. The summed E-state index contributed by atoms with van der Waals surface area (Å²) in [6.45, 7) is 4.11. The van der Waals surface area contributed by atoms with Gasteiger partial charge in [-0.1, -0.05) is 0 Å². The van der Waals surface area contributed by atoms with E-state index in [1.807, 2.05) is 0 Å². The van der Waals surface area contributed by atoms with Crippen molar-refractivity contribution in [1.82, 2.24) is 25.1 Å². The van der Waals surface area contributed by atoms with Gasteiger partial charge in [0.25, 0.3) is 0 Å². The molecular weight excluding hydrogens is 447 g/mol. The fraction of sp³-hybridized carbons (Fsp3) is 0.722. The van der Waals surface area contributed by atoms with Crippen LogP contribution in [-0.2, 0) is 14.0 Å². The van der Waals surface area contributed by atoms with Crippen LogP contribution >= 0.6 is 19.2 Å². The van der Waals surface area contributed by atoms with Crippen molar-refractivity contribution in [3.05, 3.63) is 11.5 Å². The zero-order valence-electron chi connectivity index (χ0n) is 17.0. The number of aromatic nitrogens is 4. The maximum atomic E-state index is 10.9. The summed E-state index contributed by atoms with van der Waals surface area (Å²) in [7, 11) is -4.18. The number of rotatable bonds is 6. The highest BCUT2D eigenvalue weighted by molar-refractivity contribution is 7.51. The first-order chi connectivity index (χ1) is 14.8. The third-order valence-corrected chi connectivity index (χ3v) is 6.93. The van der Waals surface area contributed by atoms with Crippen LogP contribution in [0.4, 0.5) is 5.82 Å². The van der Waals surface area contributed by atoms with E-state index >= 15 is 0 Å². The summed E-state index contributed by atoms with van der Waals surface area (Å²) >= 11 is 6.26. The largest absolute Gasteiger partial charge is 0.366 e. The Bertz CT molecular complexity index is 1000. The van der Waals surface area contributed by atoms with Crippen molar-refractivity contribution in [3.8, 4) is 0 Å². The van der Waals surface area contributed by atoms with E-state index in [1.54, 1.807) is 10.9 Å². The Kier molecular flexibility index (Phi) is 5.71. The van der Waals surface area contributed by atoms with Gasteiger partial charge >= 0.3 is 7.60 Å². The minimum absolute atomic E-state index is 0.117. The van der Waals surface area contributed by atoms with Gasteiger partial charge in [-0.2, -0.15) is 15.1 Å². The number of nitrogens with zero attached hydrogens (tertiary/aromatic N) is 5. The van der Waals surface area contributed by atoms with Crippen molar-refractivity contribution in [2.75, 3.05) is 44.0 Å². The first kappa shape index (κ1) is 21.5. The zero-order chi connectivity index (χ0) is 21.6. The molecule has 3 N–H and O–H groups in total. The van der Waals surface area contributed by atoms with Gasteiger partial charge < -0.3 is 29.5 Å². The Balaban J connectivity index is 1.30. The smallest absolute Gasteiger partial charge is 0.350 e. The van der Waals surface area contributed by atoms with Gasteiger partial charge in [0.15, 0.2) is 11.9 Å². The normalized spacial score (nSPS) is 26.0. The number of piperidine rings is 1. The summed E-state index contributed by atoms with van der Waals surface area (Å²) in [6.07, 6.45) is 4.35. The molecule has 11 nitrogen and oxygen atoms in total. The topological polar surface area (TPSA) is 135 Å². The molecule has 2 aromatic heterocycles. The standard InChI is InChI=1S/C18H26ClN6O5P/c19-17-22-15(24-9-18(10-24)4-1-5-20-8-18)13-6-21-25(16(13)23-17)14-3-2-12(30-14)7-29-11-31(26,27)28/h6,12,14,20H,1-5,7-11H2,(H2,26,27,28). The number of nitrogens with one attached hydrogen (secondary N) is 1. The molecule has 3 fully saturated rings. The second-order valence-corrected chi connectivity index (χ2v) is 10.7. The molecule has 2 atom stereocenters. The van der Waals surface area contributed by atoms with E-state index in [2.05, 4.69) is 25.3 Å². The van der Waals surface area contributed by atoms with E-state index in [0.717, 1.165) is 37.4 Å². The molecule has 0 aliphatic carbocycles. The molecule has 0 amide bonds. The van der Waals surface area contributed by atoms with Gasteiger partial charge in [0, 0.05) is 25.0 Å². The van der Waals surface area contributed by atoms with Crippen LogP contribution in [0.5, 0.6) is 0 Å². The number of fused-ring (bicyclic) bond motifs is 1. The number of ether oxygens (including phenoxy) is 2. The van der Waals surface area contributed by atoms with Gasteiger partial charge in [-0.3, -0.25) is 4.57 Å². The minimum atomic E-state index is -4.18. The Morgan fingerprint density at radius 1 is 1.35 bits per heavy atom. The zero-order valence-corrected chi connectivity index (χ0v) is 18.6. The quantitative estimate of drug-likeness (QED) is 0.419. The molecule has 2 unspecified atom stereocenters. The van der Waals surface area contributed by atoms with E-state index in [0.29, 0.717) is 23.9 Å². The van der Waals surface area contributed by atoms with Crippen molar-refractivity contribution >= 4 is 36.0 Å². The molecule has 3 aliphatic heterocycles. The Morgan fingerprint density at radius 2 is 2.19 bits per heavy atom. The highest BCUT2D eigenvalue weighted by atomic mass is 35.5. The number of hydrogen-bond donors (Lipinski definition) is 3. The molecule has 31 heavy (non-hydrogen) atoms. The van der Waals surface area contributed by atoms with Gasteiger partial charge in [-0.05, 0) is 43.8 Å². The number of halogens is 1. The number of hydrogen-bond acceptors (Lipinski definition) is 8. The lowest BCUT2D eigenvalue weighted by molar-refractivity contribution is -0.0391. The van der Waals surface area contributed by atoms with Crippen LogP contribution in [0.2, 0.25) is 5.28 Å². The molecule has 3 saturated heterocycles. The van der Waals surface area contributed by atoms with Crippen molar-refractivity contribution in [2.45, 2.75) is 38.0 Å². The summed E-state index contributed by atoms with van der Waals surface area (Å²) in [4.78, 5) is 29.0. The van der Waals surface area contributed by atoms with Crippen LogP contribution in [0.25, 0.3) is 11.0 Å². The molecule has 2 aromatic rings. The van der Waals surface area contributed by atoms with E-state index in [9.17, 15) is 4.57 Å². The van der Waals surface area contributed by atoms with Crippen molar-refractivity contribution in [3.63, 3.8) is 0 Å². The van der Waals surface area contributed by atoms with Crippen LogP contribution in [0.1, 0.15) is 31.9 Å². The lowest BCUT2D eigenvalue weighted by Crippen LogP contribution is -2.62. The predicted molar refractivity (Wildman–Crippen MR) is 113 cm³/mol. The second-order valence-electron chi connectivity index (χ2n) is 8.73. The van der Waals surface area contributed by atoms with Gasteiger partial charge in [-0.25, -0.2) is 4.68 Å². The minimum Gasteiger partial charge on any atom is -0.366 e. The molecule has 5 rings (SSSR count). The summed E-state index contributed by atoms with van der Waals surface area (Å²) in [5.74, 6) is 0.803. The molecular formula is C18H26ClN6O5P. The third-order valence-electron chi connectivity index (χ3n) is 6.24. The van der Waals surface area contributed by atoms with Gasteiger partial charge in [0.1, 0.15) is 12.2 Å². The molecule has 0 saturated carbocycles. The van der Waals surface area contributed by atoms with E-state index < -0.39 is 13.9 Å².